The van der Waals surface area contributed by atoms with Crippen LogP contribution in [0.1, 0.15) is 24.5 Å². The minimum Gasteiger partial charge on any atom is -0.497 e. The number of ether oxygens (including phenoxy) is 1. The number of hydrogen-bond donors (Lipinski definition) is 3. The lowest BCUT2D eigenvalue weighted by Crippen LogP contribution is -1.89. The van der Waals surface area contributed by atoms with Gasteiger partial charge in [0.15, 0.2) is 5.82 Å². The normalized spacial score (nSPS) is 13.0. The summed E-state index contributed by atoms with van der Waals surface area (Å²) in [7, 11) is 1.62. The molecule has 0 bridgehead atoms. The van der Waals surface area contributed by atoms with E-state index in [1.165, 1.54) is 18.5 Å². The number of nitrogens with one attached hydrogen (secondary N) is 1. The van der Waals surface area contributed by atoms with E-state index >= 15 is 0 Å². The van der Waals surface area contributed by atoms with Gasteiger partial charge >= 0.3 is 0 Å². The average molecular weight is 322 g/mol. The Hall–Kier alpha value is -2.95. The molecule has 5 N–H and O–H groups in total. The Balaban J connectivity index is 0.000000162. The SMILES string of the molecule is COc1cccc(N)c1.Nc1n[nH]c(C2CC2)c1-c1ccccc1. The topological polar surface area (TPSA) is 89.9 Å². The minimum atomic E-state index is 0.614. The summed E-state index contributed by atoms with van der Waals surface area (Å²) < 4.78 is 4.92. The number of nitrogens with two attached hydrogens (primary N) is 2. The summed E-state index contributed by atoms with van der Waals surface area (Å²) in [5.74, 6) is 2.06. The van der Waals surface area contributed by atoms with Gasteiger partial charge in [0.2, 0.25) is 0 Å². The third kappa shape index (κ3) is 3.68. The number of nitrogen functional groups attached to an aromatic ring is 2. The highest BCUT2D eigenvalue weighted by Crippen LogP contribution is 2.44. The first-order valence-electron chi connectivity index (χ1n) is 7.97. The highest BCUT2D eigenvalue weighted by Gasteiger charge is 2.29. The molecule has 0 spiro atoms. The van der Waals surface area contributed by atoms with E-state index in [9.17, 15) is 0 Å². The Kier molecular flexibility index (Phi) is 4.70. The van der Waals surface area contributed by atoms with Crippen molar-refractivity contribution in [3.8, 4) is 16.9 Å². The van der Waals surface area contributed by atoms with Crippen molar-refractivity contribution >= 4 is 11.5 Å². The summed E-state index contributed by atoms with van der Waals surface area (Å²) in [6, 6.07) is 17.5. The van der Waals surface area contributed by atoms with E-state index in [0.29, 0.717) is 11.7 Å². The summed E-state index contributed by atoms with van der Waals surface area (Å²) in [5.41, 5.74) is 15.5. The molecule has 1 aliphatic rings. The summed E-state index contributed by atoms with van der Waals surface area (Å²) >= 11 is 0. The van der Waals surface area contributed by atoms with Crippen molar-refractivity contribution < 1.29 is 4.74 Å². The third-order valence-electron chi connectivity index (χ3n) is 3.96. The van der Waals surface area contributed by atoms with Crippen LogP contribution in [-0.2, 0) is 0 Å². The molecular weight excluding hydrogens is 300 g/mol. The van der Waals surface area contributed by atoms with E-state index in [1.807, 2.05) is 36.4 Å². The zero-order valence-electron chi connectivity index (χ0n) is 13.7. The molecule has 0 atom stereocenters. The molecule has 1 aliphatic carbocycles. The van der Waals surface area contributed by atoms with Gasteiger partial charge in [-0.25, -0.2) is 0 Å². The van der Waals surface area contributed by atoms with Crippen LogP contribution in [0, 0.1) is 0 Å². The standard InChI is InChI=1S/C12H13N3.C7H9NO/c13-12-10(8-4-2-1-3-5-8)11(14-15-12)9-6-7-9;1-9-7-4-2-3-6(8)5-7/h1-5,9H,6-7H2,(H3,13,14,15);2-5H,8H2,1H3. The quantitative estimate of drug-likeness (QED) is 0.640. The van der Waals surface area contributed by atoms with Crippen molar-refractivity contribution in [3.05, 3.63) is 60.3 Å². The number of H-pyrrole nitrogens is 1. The first-order chi connectivity index (χ1) is 11.7. The van der Waals surface area contributed by atoms with Crippen LogP contribution in [0.25, 0.3) is 11.1 Å². The van der Waals surface area contributed by atoms with Gasteiger partial charge in [-0.3, -0.25) is 5.10 Å². The molecular formula is C19H22N4O. The van der Waals surface area contributed by atoms with E-state index in [1.54, 1.807) is 13.2 Å². The summed E-state index contributed by atoms with van der Waals surface area (Å²) in [5, 5.41) is 7.17. The lowest BCUT2D eigenvalue weighted by Gasteiger charge is -2.02. The molecule has 24 heavy (non-hydrogen) atoms. The van der Waals surface area contributed by atoms with Gasteiger partial charge in [0, 0.05) is 28.9 Å². The molecule has 4 rings (SSSR count). The fourth-order valence-electron chi connectivity index (χ4n) is 2.59. The van der Waals surface area contributed by atoms with Gasteiger partial charge in [-0.2, -0.15) is 5.10 Å². The van der Waals surface area contributed by atoms with Gasteiger partial charge in [-0.05, 0) is 30.5 Å². The Morgan fingerprint density at radius 1 is 1.04 bits per heavy atom. The van der Waals surface area contributed by atoms with Crippen LogP contribution in [0.5, 0.6) is 5.75 Å². The fraction of sp³-hybridized carbons (Fsp3) is 0.211. The van der Waals surface area contributed by atoms with Crippen molar-refractivity contribution in [2.75, 3.05) is 18.6 Å². The van der Waals surface area contributed by atoms with Crippen LogP contribution in [0.2, 0.25) is 0 Å². The highest BCUT2D eigenvalue weighted by atomic mass is 16.5. The van der Waals surface area contributed by atoms with E-state index in [4.69, 9.17) is 16.2 Å². The van der Waals surface area contributed by atoms with Crippen molar-refractivity contribution in [2.45, 2.75) is 18.8 Å². The summed E-state index contributed by atoms with van der Waals surface area (Å²) in [6.07, 6.45) is 2.50. The lowest BCUT2D eigenvalue weighted by molar-refractivity contribution is 0.415. The van der Waals surface area contributed by atoms with Crippen LogP contribution >= 0.6 is 0 Å². The zero-order chi connectivity index (χ0) is 16.9. The third-order valence-corrected chi connectivity index (χ3v) is 3.96. The summed E-state index contributed by atoms with van der Waals surface area (Å²) in [6.45, 7) is 0. The first-order valence-corrected chi connectivity index (χ1v) is 7.97. The van der Waals surface area contributed by atoms with E-state index in [-0.39, 0.29) is 0 Å². The van der Waals surface area contributed by atoms with E-state index in [2.05, 4.69) is 22.3 Å². The molecule has 124 valence electrons. The smallest absolute Gasteiger partial charge is 0.153 e. The number of methoxy groups -OCH3 is 1. The second-order valence-corrected chi connectivity index (χ2v) is 5.81. The van der Waals surface area contributed by atoms with Crippen LogP contribution < -0.4 is 16.2 Å². The number of hydrogen-bond acceptors (Lipinski definition) is 4. The molecule has 3 aromatic rings. The molecule has 1 heterocycles. The Morgan fingerprint density at radius 3 is 2.38 bits per heavy atom. The molecule has 2 aromatic carbocycles. The number of benzene rings is 2. The molecule has 0 aliphatic heterocycles. The molecule has 1 saturated carbocycles. The zero-order valence-corrected chi connectivity index (χ0v) is 13.7. The average Bonchev–Trinajstić information content (AvgIpc) is 3.38. The molecule has 0 unspecified atom stereocenters. The van der Waals surface area contributed by atoms with Crippen LogP contribution in [0.3, 0.4) is 0 Å². The maximum Gasteiger partial charge on any atom is 0.153 e. The minimum absolute atomic E-state index is 0.614. The molecule has 1 aromatic heterocycles. The fourth-order valence-corrected chi connectivity index (χ4v) is 2.59. The van der Waals surface area contributed by atoms with Crippen molar-refractivity contribution in [1.29, 1.82) is 0 Å². The van der Waals surface area contributed by atoms with E-state index in [0.717, 1.165) is 22.6 Å². The maximum absolute atomic E-state index is 5.90. The van der Waals surface area contributed by atoms with Crippen LogP contribution in [0.4, 0.5) is 11.5 Å². The molecule has 1 fully saturated rings. The number of anilines is 2. The van der Waals surface area contributed by atoms with Crippen molar-refractivity contribution in [2.24, 2.45) is 0 Å². The predicted molar refractivity (Wildman–Crippen MR) is 97.8 cm³/mol. The summed E-state index contributed by atoms with van der Waals surface area (Å²) in [4.78, 5) is 0. The number of rotatable bonds is 3. The van der Waals surface area contributed by atoms with Gasteiger partial charge in [0.1, 0.15) is 5.75 Å². The maximum atomic E-state index is 5.90. The van der Waals surface area contributed by atoms with Gasteiger partial charge in [0.25, 0.3) is 0 Å². The van der Waals surface area contributed by atoms with Gasteiger partial charge in [-0.15, -0.1) is 0 Å². The largest absolute Gasteiger partial charge is 0.497 e. The molecule has 5 nitrogen and oxygen atoms in total. The Morgan fingerprint density at radius 2 is 1.79 bits per heavy atom. The number of nitrogens with zero attached hydrogens (tertiary/aromatic N) is 1. The monoisotopic (exact) mass is 322 g/mol. The first kappa shape index (κ1) is 15.9. The van der Waals surface area contributed by atoms with Crippen molar-refractivity contribution in [1.82, 2.24) is 10.2 Å². The van der Waals surface area contributed by atoms with Crippen molar-refractivity contribution in [3.63, 3.8) is 0 Å². The molecule has 0 radical (unpaired) electrons. The highest BCUT2D eigenvalue weighted by molar-refractivity contribution is 5.76. The molecule has 5 heteroatoms. The second-order valence-electron chi connectivity index (χ2n) is 5.81. The molecule has 0 saturated heterocycles. The van der Waals surface area contributed by atoms with Crippen LogP contribution in [-0.4, -0.2) is 17.3 Å². The van der Waals surface area contributed by atoms with E-state index < -0.39 is 0 Å². The predicted octanol–water partition coefficient (Wildman–Crippen LogP) is 3.81. The van der Waals surface area contributed by atoms with Gasteiger partial charge < -0.3 is 16.2 Å². The van der Waals surface area contributed by atoms with Gasteiger partial charge in [0.05, 0.1) is 7.11 Å². The Bertz CT molecular complexity index is 794. The van der Waals surface area contributed by atoms with Crippen LogP contribution in [0.15, 0.2) is 54.6 Å². The lowest BCUT2D eigenvalue weighted by atomic mass is 10.0. The number of aromatic amines is 1. The molecule has 0 amide bonds. The second kappa shape index (κ2) is 7.08. The van der Waals surface area contributed by atoms with Gasteiger partial charge in [-0.1, -0.05) is 36.4 Å². The number of aromatic nitrogens is 2. The Labute approximate surface area is 141 Å².